The fourth-order valence-electron chi connectivity index (χ4n) is 0.777. The molecule has 0 amide bonds. The summed E-state index contributed by atoms with van der Waals surface area (Å²) in [4.78, 5) is 23.2. The Morgan fingerprint density at radius 1 is 1.69 bits per heavy atom. The van der Waals surface area contributed by atoms with Gasteiger partial charge >= 0.3 is 11.8 Å². The van der Waals surface area contributed by atoms with Gasteiger partial charge in [0.15, 0.2) is 11.8 Å². The summed E-state index contributed by atoms with van der Waals surface area (Å²) in [5, 5.41) is 18.8. The number of nitrogens with two attached hydrogens (primary N) is 1. The Morgan fingerprint density at radius 2 is 2.31 bits per heavy atom. The van der Waals surface area contributed by atoms with Crippen LogP contribution < -0.4 is 5.73 Å². The number of aromatic nitrogens is 1. The number of carboxylic acids is 1. The molecule has 0 unspecified atom stereocenters. The highest BCUT2D eigenvalue weighted by atomic mass is 16.6. The van der Waals surface area contributed by atoms with Gasteiger partial charge in [0.2, 0.25) is 0 Å². The van der Waals surface area contributed by atoms with Crippen LogP contribution in [0.2, 0.25) is 0 Å². The maximum absolute atomic E-state index is 10.5. The Hall–Kier alpha value is -2.18. The average Bonchev–Trinajstić information content (AvgIpc) is 2.03. The second-order valence-corrected chi connectivity index (χ2v) is 2.20. The fourth-order valence-corrected chi connectivity index (χ4v) is 0.777. The molecule has 0 saturated carbocycles. The number of pyridine rings is 1. The van der Waals surface area contributed by atoms with Gasteiger partial charge < -0.3 is 21.0 Å². The SMILES string of the molecule is Nc1cnc([N+](=O)[O-])c(C(=O)O)c1. The molecule has 0 aliphatic rings. The van der Waals surface area contributed by atoms with Crippen LogP contribution in [0.25, 0.3) is 0 Å². The first-order chi connectivity index (χ1) is 6.02. The number of nitrogens with zero attached hydrogens (tertiary/aromatic N) is 2. The van der Waals surface area contributed by atoms with E-state index >= 15 is 0 Å². The minimum Gasteiger partial charge on any atom is -0.477 e. The first-order valence-corrected chi connectivity index (χ1v) is 3.15. The van der Waals surface area contributed by atoms with Crippen molar-refractivity contribution in [3.05, 3.63) is 27.9 Å². The third-order valence-electron chi connectivity index (χ3n) is 1.29. The molecule has 0 aliphatic heterocycles. The van der Waals surface area contributed by atoms with E-state index in [0.29, 0.717) is 0 Å². The summed E-state index contributed by atoms with van der Waals surface area (Å²) in [6.07, 6.45) is 1.03. The Bertz CT molecular complexity index is 376. The molecule has 0 atom stereocenters. The summed E-state index contributed by atoms with van der Waals surface area (Å²) in [5.41, 5.74) is 4.78. The lowest BCUT2D eigenvalue weighted by Gasteiger charge is -1.97. The number of rotatable bonds is 2. The molecule has 7 heteroatoms. The first-order valence-electron chi connectivity index (χ1n) is 3.15. The van der Waals surface area contributed by atoms with Crippen molar-refractivity contribution in [2.75, 3.05) is 5.73 Å². The van der Waals surface area contributed by atoms with Crippen molar-refractivity contribution in [2.24, 2.45) is 0 Å². The van der Waals surface area contributed by atoms with E-state index in [4.69, 9.17) is 10.8 Å². The van der Waals surface area contributed by atoms with Gasteiger partial charge in [-0.3, -0.25) is 0 Å². The van der Waals surface area contributed by atoms with E-state index in [9.17, 15) is 14.9 Å². The third kappa shape index (κ3) is 1.70. The van der Waals surface area contributed by atoms with Crippen molar-refractivity contribution in [3.8, 4) is 0 Å². The van der Waals surface area contributed by atoms with Gasteiger partial charge in [0.1, 0.15) is 0 Å². The number of carbonyl (C=O) groups is 1. The lowest BCUT2D eigenvalue weighted by molar-refractivity contribution is -0.389. The minimum atomic E-state index is -1.42. The number of carboxylic acid groups (broad SMARTS) is 1. The first kappa shape index (κ1) is 8.91. The molecule has 3 N–H and O–H groups in total. The highest BCUT2D eigenvalue weighted by Crippen LogP contribution is 2.17. The lowest BCUT2D eigenvalue weighted by atomic mass is 10.2. The highest BCUT2D eigenvalue weighted by molar-refractivity contribution is 5.92. The van der Waals surface area contributed by atoms with E-state index < -0.39 is 22.3 Å². The van der Waals surface area contributed by atoms with Gasteiger partial charge in [0, 0.05) is 0 Å². The van der Waals surface area contributed by atoms with Crippen molar-refractivity contribution < 1.29 is 14.8 Å². The number of hydrogen-bond donors (Lipinski definition) is 2. The Morgan fingerprint density at radius 3 is 2.77 bits per heavy atom. The van der Waals surface area contributed by atoms with Crippen LogP contribution in [-0.4, -0.2) is 21.0 Å². The fraction of sp³-hybridized carbons (Fsp3) is 0. The zero-order valence-corrected chi connectivity index (χ0v) is 6.30. The summed E-state index contributed by atoms with van der Waals surface area (Å²) >= 11 is 0. The van der Waals surface area contributed by atoms with Crippen LogP contribution in [-0.2, 0) is 0 Å². The molecular weight excluding hydrogens is 178 g/mol. The number of nitro groups is 1. The van der Waals surface area contributed by atoms with Crippen molar-refractivity contribution in [1.82, 2.24) is 4.98 Å². The lowest BCUT2D eigenvalue weighted by Crippen LogP contribution is -2.05. The Kier molecular flexibility index (Phi) is 2.09. The molecule has 0 aromatic carbocycles. The van der Waals surface area contributed by atoms with Crippen LogP contribution in [0.1, 0.15) is 10.4 Å². The summed E-state index contributed by atoms with van der Waals surface area (Å²) in [6.45, 7) is 0. The topological polar surface area (TPSA) is 119 Å². The maximum atomic E-state index is 10.5. The van der Waals surface area contributed by atoms with Crippen LogP contribution in [0, 0.1) is 10.1 Å². The molecule has 68 valence electrons. The summed E-state index contributed by atoms with van der Waals surface area (Å²) in [5.74, 6) is -2.13. The standard InChI is InChI=1S/C6H5N3O4/c7-3-1-4(6(10)11)5(8-2-3)9(12)13/h1-2H,7H2,(H,10,11). The number of nitrogen functional groups attached to an aromatic ring is 1. The Labute approximate surface area is 72.0 Å². The molecule has 0 radical (unpaired) electrons. The van der Waals surface area contributed by atoms with Gasteiger partial charge in [-0.15, -0.1) is 0 Å². The molecule has 0 spiro atoms. The van der Waals surface area contributed by atoms with E-state index in [1.165, 1.54) is 0 Å². The van der Waals surface area contributed by atoms with Crippen molar-refractivity contribution >= 4 is 17.5 Å². The van der Waals surface area contributed by atoms with Crippen molar-refractivity contribution in [2.45, 2.75) is 0 Å². The summed E-state index contributed by atoms with van der Waals surface area (Å²) in [7, 11) is 0. The van der Waals surface area contributed by atoms with Gasteiger partial charge in [-0.2, -0.15) is 0 Å². The van der Waals surface area contributed by atoms with E-state index in [-0.39, 0.29) is 5.69 Å². The van der Waals surface area contributed by atoms with E-state index in [2.05, 4.69) is 4.98 Å². The largest absolute Gasteiger partial charge is 0.477 e. The summed E-state index contributed by atoms with van der Waals surface area (Å²) < 4.78 is 0. The molecular formula is C6H5N3O4. The predicted octanol–water partition coefficient (Wildman–Crippen LogP) is 0.270. The van der Waals surface area contributed by atoms with Crippen molar-refractivity contribution in [3.63, 3.8) is 0 Å². The van der Waals surface area contributed by atoms with E-state index in [1.54, 1.807) is 0 Å². The minimum absolute atomic E-state index is 0.0722. The van der Waals surface area contributed by atoms with Gasteiger partial charge in [0.25, 0.3) is 0 Å². The van der Waals surface area contributed by atoms with E-state index in [1.807, 2.05) is 0 Å². The highest BCUT2D eigenvalue weighted by Gasteiger charge is 2.21. The molecule has 0 bridgehead atoms. The number of hydrogen-bond acceptors (Lipinski definition) is 5. The quantitative estimate of drug-likeness (QED) is 0.501. The van der Waals surface area contributed by atoms with Crippen LogP contribution in [0.15, 0.2) is 12.3 Å². The Balaban J connectivity index is 3.35. The molecule has 0 fully saturated rings. The second-order valence-electron chi connectivity index (χ2n) is 2.20. The van der Waals surface area contributed by atoms with Gasteiger partial charge in [-0.25, -0.2) is 4.79 Å². The molecule has 1 heterocycles. The molecule has 1 rings (SSSR count). The molecule has 0 aliphatic carbocycles. The molecule has 0 saturated heterocycles. The molecule has 1 aromatic heterocycles. The monoisotopic (exact) mass is 183 g/mol. The smallest absolute Gasteiger partial charge is 0.378 e. The predicted molar refractivity (Wildman–Crippen MR) is 42.3 cm³/mol. The zero-order valence-electron chi connectivity index (χ0n) is 6.30. The maximum Gasteiger partial charge on any atom is 0.378 e. The van der Waals surface area contributed by atoms with Gasteiger partial charge in [-0.1, -0.05) is 0 Å². The van der Waals surface area contributed by atoms with Crippen LogP contribution in [0.4, 0.5) is 11.5 Å². The molecule has 13 heavy (non-hydrogen) atoms. The third-order valence-corrected chi connectivity index (χ3v) is 1.29. The number of anilines is 1. The summed E-state index contributed by atoms with van der Waals surface area (Å²) in [6, 6.07) is 0.994. The number of aromatic carboxylic acids is 1. The second kappa shape index (κ2) is 3.05. The normalized spacial score (nSPS) is 9.54. The van der Waals surface area contributed by atoms with Crippen LogP contribution in [0.5, 0.6) is 0 Å². The average molecular weight is 183 g/mol. The van der Waals surface area contributed by atoms with Crippen LogP contribution in [0.3, 0.4) is 0 Å². The zero-order chi connectivity index (χ0) is 10.0. The van der Waals surface area contributed by atoms with E-state index in [0.717, 1.165) is 12.3 Å². The molecule has 1 aromatic rings. The van der Waals surface area contributed by atoms with Crippen molar-refractivity contribution in [1.29, 1.82) is 0 Å². The molecule has 7 nitrogen and oxygen atoms in total. The van der Waals surface area contributed by atoms with Crippen LogP contribution >= 0.6 is 0 Å². The van der Waals surface area contributed by atoms with Gasteiger partial charge in [0.05, 0.1) is 5.69 Å². The van der Waals surface area contributed by atoms with Gasteiger partial charge in [-0.05, 0) is 16.0 Å².